The Kier molecular flexibility index (Phi) is 7.96. The summed E-state index contributed by atoms with van der Waals surface area (Å²) in [6.45, 7) is 0.647. The molecule has 0 radical (unpaired) electrons. The highest BCUT2D eigenvalue weighted by Crippen LogP contribution is 2.26. The van der Waals surface area contributed by atoms with Crippen molar-refractivity contribution in [3.63, 3.8) is 0 Å². The summed E-state index contributed by atoms with van der Waals surface area (Å²) in [6.07, 6.45) is 8.71. The predicted molar refractivity (Wildman–Crippen MR) is 123 cm³/mol. The Morgan fingerprint density at radius 3 is 2.39 bits per heavy atom. The third-order valence-electron chi connectivity index (χ3n) is 6.00. The summed E-state index contributed by atoms with van der Waals surface area (Å²) in [5.41, 5.74) is 0.891. The van der Waals surface area contributed by atoms with Crippen LogP contribution in [0.3, 0.4) is 0 Å². The maximum atomic E-state index is 13.0. The Bertz CT molecular complexity index is 965. The Hall–Kier alpha value is -2.54. The number of ether oxygens (including phenoxy) is 1. The second kappa shape index (κ2) is 10.7. The van der Waals surface area contributed by atoms with Gasteiger partial charge in [-0.2, -0.15) is 0 Å². The average molecular weight is 445 g/mol. The van der Waals surface area contributed by atoms with E-state index in [2.05, 4.69) is 5.32 Å². The quantitative estimate of drug-likeness (QED) is 0.603. The number of sulfonamides is 1. The second-order valence-electron chi connectivity index (χ2n) is 8.10. The number of carbonyl (C=O) groups is 1. The van der Waals surface area contributed by atoms with Gasteiger partial charge in [0.15, 0.2) is 0 Å². The summed E-state index contributed by atoms with van der Waals surface area (Å²) in [6, 6.07) is 12.9. The van der Waals surface area contributed by atoms with Crippen molar-refractivity contribution in [3.05, 3.63) is 54.1 Å². The zero-order valence-electron chi connectivity index (χ0n) is 18.3. The number of nitrogens with one attached hydrogen (secondary N) is 1. The monoisotopic (exact) mass is 444 g/mol. The van der Waals surface area contributed by atoms with Crippen LogP contribution in [0.1, 0.15) is 55.3 Å². The summed E-state index contributed by atoms with van der Waals surface area (Å²) in [7, 11) is -0.729. The van der Waals surface area contributed by atoms with Gasteiger partial charge in [-0.1, -0.05) is 44.6 Å². The molecule has 31 heavy (non-hydrogen) atoms. The molecular weight excluding hydrogens is 412 g/mol. The highest BCUT2D eigenvalue weighted by molar-refractivity contribution is 7.92. The van der Waals surface area contributed by atoms with Gasteiger partial charge < -0.3 is 10.1 Å². The number of carbonyl (C=O) groups excluding carboxylic acids is 1. The van der Waals surface area contributed by atoms with Gasteiger partial charge in [0, 0.05) is 19.2 Å². The van der Waals surface area contributed by atoms with Crippen LogP contribution in [0.2, 0.25) is 0 Å². The fourth-order valence-corrected chi connectivity index (χ4v) is 5.22. The fraction of sp³-hybridized carbons (Fsp3) is 0.458. The maximum Gasteiger partial charge on any atom is 0.264 e. The van der Waals surface area contributed by atoms with E-state index >= 15 is 0 Å². The van der Waals surface area contributed by atoms with Crippen LogP contribution >= 0.6 is 0 Å². The molecule has 168 valence electrons. The van der Waals surface area contributed by atoms with Crippen LogP contribution in [0.5, 0.6) is 5.75 Å². The number of hydrogen-bond donors (Lipinski definition) is 1. The van der Waals surface area contributed by atoms with Gasteiger partial charge in [-0.3, -0.25) is 9.10 Å². The topological polar surface area (TPSA) is 75.7 Å². The Balaban J connectivity index is 1.64. The van der Waals surface area contributed by atoms with Crippen molar-refractivity contribution in [1.29, 1.82) is 0 Å². The van der Waals surface area contributed by atoms with E-state index in [0.29, 0.717) is 29.5 Å². The van der Waals surface area contributed by atoms with Gasteiger partial charge in [0.1, 0.15) is 5.75 Å². The van der Waals surface area contributed by atoms with E-state index in [-0.39, 0.29) is 10.8 Å². The van der Waals surface area contributed by atoms with Crippen LogP contribution in [0.25, 0.3) is 0 Å². The number of nitrogens with zero attached hydrogens (tertiary/aromatic N) is 1. The number of hydrogen-bond acceptors (Lipinski definition) is 4. The second-order valence-corrected chi connectivity index (χ2v) is 10.1. The van der Waals surface area contributed by atoms with Crippen molar-refractivity contribution in [1.82, 2.24) is 5.32 Å². The lowest BCUT2D eigenvalue weighted by molar-refractivity contribution is 0.0951. The molecule has 1 amide bonds. The first-order chi connectivity index (χ1) is 14.9. The smallest absolute Gasteiger partial charge is 0.264 e. The van der Waals surface area contributed by atoms with Crippen LogP contribution in [0, 0.1) is 5.92 Å². The first kappa shape index (κ1) is 23.1. The highest BCUT2D eigenvalue weighted by atomic mass is 32.2. The molecule has 0 heterocycles. The molecule has 0 saturated heterocycles. The van der Waals surface area contributed by atoms with Crippen molar-refractivity contribution >= 4 is 21.6 Å². The predicted octanol–water partition coefficient (Wildman–Crippen LogP) is 4.61. The Morgan fingerprint density at radius 1 is 1.06 bits per heavy atom. The first-order valence-electron chi connectivity index (χ1n) is 10.9. The summed E-state index contributed by atoms with van der Waals surface area (Å²) >= 11 is 0. The van der Waals surface area contributed by atoms with Crippen LogP contribution in [0.15, 0.2) is 53.4 Å². The summed E-state index contributed by atoms with van der Waals surface area (Å²) in [4.78, 5) is 12.8. The van der Waals surface area contributed by atoms with Crippen LogP contribution in [-0.4, -0.2) is 35.0 Å². The molecule has 0 aliphatic heterocycles. The highest BCUT2D eigenvalue weighted by Gasteiger charge is 2.22. The molecule has 2 aromatic rings. The van der Waals surface area contributed by atoms with Crippen LogP contribution in [0.4, 0.5) is 5.69 Å². The van der Waals surface area contributed by atoms with Gasteiger partial charge in [0.25, 0.3) is 15.9 Å². The third-order valence-corrected chi connectivity index (χ3v) is 7.80. The zero-order chi connectivity index (χ0) is 22.3. The molecule has 1 aliphatic rings. The summed E-state index contributed by atoms with van der Waals surface area (Å²) in [5.74, 6) is 1.10. The lowest BCUT2D eigenvalue weighted by atomic mass is 9.97. The van der Waals surface area contributed by atoms with E-state index in [4.69, 9.17) is 4.74 Å². The van der Waals surface area contributed by atoms with E-state index in [9.17, 15) is 13.2 Å². The van der Waals surface area contributed by atoms with Crippen molar-refractivity contribution in [2.45, 2.75) is 49.8 Å². The standard InChI is InChI=1S/C24H32N2O4S/c1-26(31(28,29)23-14-12-22(30-2)13-15-23)21-11-7-10-20(18-21)24(27)25-17-16-19-8-5-3-4-6-9-19/h7,10-15,18-19H,3-6,8-9,16-17H2,1-2H3,(H,25,27). The molecule has 7 heteroatoms. The molecule has 0 atom stereocenters. The molecule has 1 fully saturated rings. The van der Waals surface area contributed by atoms with Crippen molar-refractivity contribution in [3.8, 4) is 5.75 Å². The molecule has 0 aromatic heterocycles. The van der Waals surface area contributed by atoms with E-state index in [0.717, 1.165) is 6.42 Å². The maximum absolute atomic E-state index is 13.0. The normalized spacial score (nSPS) is 15.2. The molecule has 1 aliphatic carbocycles. The molecular formula is C24H32N2O4S. The minimum absolute atomic E-state index is 0.161. The van der Waals surface area contributed by atoms with Crippen molar-refractivity contribution < 1.29 is 17.9 Å². The van der Waals surface area contributed by atoms with E-state index in [1.165, 1.54) is 69.1 Å². The number of methoxy groups -OCH3 is 1. The lowest BCUT2D eigenvalue weighted by Crippen LogP contribution is -2.28. The molecule has 1 saturated carbocycles. The Labute approximate surface area is 185 Å². The van der Waals surface area contributed by atoms with Gasteiger partial charge in [-0.15, -0.1) is 0 Å². The van der Waals surface area contributed by atoms with Gasteiger partial charge in [0.2, 0.25) is 0 Å². The van der Waals surface area contributed by atoms with E-state index in [1.807, 2.05) is 0 Å². The van der Waals surface area contributed by atoms with Crippen LogP contribution in [-0.2, 0) is 10.0 Å². The fourth-order valence-electron chi connectivity index (χ4n) is 4.03. The minimum atomic E-state index is -3.75. The lowest BCUT2D eigenvalue weighted by Gasteiger charge is -2.20. The van der Waals surface area contributed by atoms with Crippen molar-refractivity contribution in [2.24, 2.45) is 5.92 Å². The first-order valence-corrected chi connectivity index (χ1v) is 12.4. The third kappa shape index (κ3) is 6.00. The zero-order valence-corrected chi connectivity index (χ0v) is 19.2. The van der Waals surface area contributed by atoms with Gasteiger partial charge in [-0.25, -0.2) is 8.42 Å². The molecule has 6 nitrogen and oxygen atoms in total. The SMILES string of the molecule is COc1ccc(S(=O)(=O)N(C)c2cccc(C(=O)NCCC3CCCCCC3)c2)cc1. The molecule has 0 unspecified atom stereocenters. The number of rotatable bonds is 8. The van der Waals surface area contributed by atoms with Gasteiger partial charge >= 0.3 is 0 Å². The largest absolute Gasteiger partial charge is 0.497 e. The molecule has 0 bridgehead atoms. The number of amides is 1. The van der Waals surface area contributed by atoms with Crippen LogP contribution < -0.4 is 14.4 Å². The van der Waals surface area contributed by atoms with Gasteiger partial charge in [0.05, 0.1) is 17.7 Å². The van der Waals surface area contributed by atoms with E-state index < -0.39 is 10.0 Å². The molecule has 2 aromatic carbocycles. The number of anilines is 1. The van der Waals surface area contributed by atoms with Gasteiger partial charge in [-0.05, 0) is 54.8 Å². The molecule has 1 N–H and O–H groups in total. The minimum Gasteiger partial charge on any atom is -0.497 e. The van der Waals surface area contributed by atoms with Crippen molar-refractivity contribution in [2.75, 3.05) is 25.0 Å². The van der Waals surface area contributed by atoms with E-state index in [1.54, 1.807) is 36.4 Å². The Morgan fingerprint density at radius 2 is 1.74 bits per heavy atom. The molecule has 0 spiro atoms. The molecule has 3 rings (SSSR count). The summed E-state index contributed by atoms with van der Waals surface area (Å²) < 4.78 is 32.2. The summed E-state index contributed by atoms with van der Waals surface area (Å²) in [5, 5.41) is 3.00. The average Bonchev–Trinajstić information content (AvgIpc) is 3.07. The number of benzene rings is 2.